The average Bonchev–Trinajstić information content (AvgIpc) is 2.31. The van der Waals surface area contributed by atoms with E-state index in [1.807, 2.05) is 0 Å². The summed E-state index contributed by atoms with van der Waals surface area (Å²) < 4.78 is 8.70. The molecule has 100 valence electrons. The van der Waals surface area contributed by atoms with Crippen molar-refractivity contribution in [3.63, 3.8) is 0 Å². The van der Waals surface area contributed by atoms with Gasteiger partial charge < -0.3 is 0 Å². The van der Waals surface area contributed by atoms with Gasteiger partial charge in [-0.3, -0.25) is 4.99 Å². The van der Waals surface area contributed by atoms with E-state index in [1.165, 1.54) is 44.9 Å². The van der Waals surface area contributed by atoms with Crippen LogP contribution in [0.4, 0.5) is 0 Å². The van der Waals surface area contributed by atoms with Gasteiger partial charge in [0.2, 0.25) is 0 Å². The molecule has 0 bridgehead atoms. The van der Waals surface area contributed by atoms with Crippen LogP contribution in [0.25, 0.3) is 0 Å². The maximum absolute atomic E-state index is 8.70. The summed E-state index contributed by atoms with van der Waals surface area (Å²) in [5.41, 5.74) is 0. The summed E-state index contributed by atoms with van der Waals surface area (Å²) in [7, 11) is -2.87. The highest BCUT2D eigenvalue weighted by Crippen LogP contribution is 2.20. The Bertz CT molecular complexity index is 220. The predicted octanol–water partition coefficient (Wildman–Crippen LogP) is 3.45. The minimum atomic E-state index is -2.87. The van der Waals surface area contributed by atoms with E-state index in [1.54, 1.807) is 0 Å². The first-order valence-corrected chi connectivity index (χ1v) is 7.64. The normalized spacial score (nSPS) is 17.0. The first kappa shape index (κ1) is 16.7. The number of nitrogens with zero attached hydrogens (tertiary/aromatic N) is 1. The molecule has 1 fully saturated rings. The van der Waals surface area contributed by atoms with E-state index < -0.39 is 8.25 Å². The molecule has 0 radical (unpaired) electrons. The molecule has 0 spiro atoms. The molecule has 0 atom stereocenters. The highest BCUT2D eigenvalue weighted by atomic mass is 31.1. The Balaban J connectivity index is 0.000000557. The van der Waals surface area contributed by atoms with Crippen molar-refractivity contribution in [3.8, 4) is 0 Å². The van der Waals surface area contributed by atoms with E-state index in [0.29, 0.717) is 6.04 Å². The smallest absolute Gasteiger partial charge is 0.294 e. The molecule has 5 heteroatoms. The van der Waals surface area contributed by atoms with E-state index in [0.717, 1.165) is 5.92 Å². The van der Waals surface area contributed by atoms with E-state index >= 15 is 0 Å². The fourth-order valence-electron chi connectivity index (χ4n) is 1.97. The lowest BCUT2D eigenvalue weighted by atomic mass is 9.96. The van der Waals surface area contributed by atoms with Gasteiger partial charge in [-0.15, -0.1) is 9.79 Å². The molecule has 0 aromatic carbocycles. The lowest BCUT2D eigenvalue weighted by Gasteiger charge is -2.18. The van der Waals surface area contributed by atoms with Crippen LogP contribution < -0.4 is 0 Å². The first-order chi connectivity index (χ1) is 8.10. The van der Waals surface area contributed by atoms with Crippen LogP contribution in [0.3, 0.4) is 0 Å². The topological polar surface area (TPSA) is 69.9 Å². The molecule has 0 aliphatic heterocycles. The molecule has 4 nitrogen and oxygen atoms in total. The minimum absolute atomic E-state index is 0.661. The zero-order chi connectivity index (χ0) is 13.1. The van der Waals surface area contributed by atoms with Crippen LogP contribution in [-0.4, -0.2) is 22.0 Å². The number of rotatable bonds is 4. The van der Waals surface area contributed by atoms with Crippen LogP contribution in [0.2, 0.25) is 0 Å². The first-order valence-electron chi connectivity index (χ1n) is 6.48. The van der Waals surface area contributed by atoms with Crippen LogP contribution in [-0.2, 0) is 4.57 Å². The van der Waals surface area contributed by atoms with Gasteiger partial charge in [0.25, 0.3) is 0 Å². The summed E-state index contributed by atoms with van der Waals surface area (Å²) in [6.45, 7) is 4.50. The minimum Gasteiger partial charge on any atom is -0.294 e. The van der Waals surface area contributed by atoms with Gasteiger partial charge in [-0.2, -0.15) is 0 Å². The Morgan fingerprint density at radius 2 is 1.71 bits per heavy atom. The van der Waals surface area contributed by atoms with E-state index in [2.05, 4.69) is 20.1 Å². The predicted molar refractivity (Wildman–Crippen MR) is 71.5 cm³/mol. The van der Waals surface area contributed by atoms with Gasteiger partial charge >= 0.3 is 8.25 Å². The van der Waals surface area contributed by atoms with Crippen LogP contribution in [0.15, 0.2) is 4.99 Å². The summed E-state index contributed by atoms with van der Waals surface area (Å²) in [6.07, 6.45) is 11.6. The van der Waals surface area contributed by atoms with Crippen molar-refractivity contribution in [1.82, 2.24) is 0 Å². The molecule has 1 saturated carbocycles. The lowest BCUT2D eigenvalue weighted by molar-refractivity contribution is 0.405. The molecule has 17 heavy (non-hydrogen) atoms. The van der Waals surface area contributed by atoms with E-state index in [-0.39, 0.29) is 0 Å². The van der Waals surface area contributed by atoms with Crippen LogP contribution in [0.1, 0.15) is 58.8 Å². The Hall–Kier alpha value is -0.310. The van der Waals surface area contributed by atoms with Crippen molar-refractivity contribution >= 4 is 14.5 Å². The van der Waals surface area contributed by atoms with Gasteiger partial charge in [0.1, 0.15) is 0 Å². The Morgan fingerprint density at radius 3 is 2.12 bits per heavy atom. The van der Waals surface area contributed by atoms with Crippen LogP contribution >= 0.6 is 8.25 Å². The lowest BCUT2D eigenvalue weighted by Crippen LogP contribution is -2.11. The van der Waals surface area contributed by atoms with E-state index in [4.69, 9.17) is 19.3 Å². The molecule has 0 unspecified atom stereocenters. The van der Waals surface area contributed by atoms with Crippen molar-refractivity contribution in [2.24, 2.45) is 10.9 Å². The Morgan fingerprint density at radius 1 is 1.24 bits per heavy atom. The van der Waals surface area contributed by atoms with Crippen LogP contribution in [0.5, 0.6) is 0 Å². The largest absolute Gasteiger partial charge is 0.692 e. The third kappa shape index (κ3) is 10.6. The standard InChI is InChI=1S/C12H23N.HO3P/c1-3-11(4-2)10-13-12-8-6-5-7-9-12;1-4(2)3/h10-12H,3-9H2,1-2H3;(H-,1,2,3)/p+1. The molecule has 1 rings (SSSR count). The molecule has 2 N–H and O–H groups in total. The molecule has 0 aromatic rings. The van der Waals surface area contributed by atoms with Gasteiger partial charge in [-0.1, -0.05) is 33.1 Å². The van der Waals surface area contributed by atoms with Crippen molar-refractivity contribution < 1.29 is 14.4 Å². The van der Waals surface area contributed by atoms with Gasteiger partial charge in [0, 0.05) is 16.8 Å². The Labute approximate surface area is 105 Å². The SMILES string of the molecule is CCC(C=NC1CCCCC1)CC.O=[P+](O)O. The molecule has 0 aromatic heterocycles. The monoisotopic (exact) mass is 262 g/mol. The summed E-state index contributed by atoms with van der Waals surface area (Å²) in [6, 6.07) is 0.661. The van der Waals surface area contributed by atoms with Gasteiger partial charge in [-0.25, -0.2) is 0 Å². The summed E-state index contributed by atoms with van der Waals surface area (Å²) in [5, 5.41) is 0. The molecular weight excluding hydrogens is 237 g/mol. The molecule has 1 aliphatic carbocycles. The summed E-state index contributed by atoms with van der Waals surface area (Å²) in [5.74, 6) is 0.724. The highest BCUT2D eigenvalue weighted by molar-refractivity contribution is 7.30. The third-order valence-corrected chi connectivity index (χ3v) is 3.13. The van der Waals surface area contributed by atoms with Crippen molar-refractivity contribution in [2.75, 3.05) is 0 Å². The quantitative estimate of drug-likeness (QED) is 0.602. The number of aliphatic imine (C=N–C) groups is 1. The molecule has 0 saturated heterocycles. The fraction of sp³-hybridized carbons (Fsp3) is 0.917. The number of hydrogen-bond acceptors (Lipinski definition) is 2. The zero-order valence-corrected chi connectivity index (χ0v) is 11.8. The van der Waals surface area contributed by atoms with Gasteiger partial charge in [0.15, 0.2) is 0 Å². The van der Waals surface area contributed by atoms with Crippen LogP contribution in [0, 0.1) is 5.92 Å². The molecular formula is C12H25NO3P+. The van der Waals surface area contributed by atoms with Gasteiger partial charge in [-0.05, 0) is 31.6 Å². The van der Waals surface area contributed by atoms with Crippen molar-refractivity contribution in [2.45, 2.75) is 64.8 Å². The van der Waals surface area contributed by atoms with Crippen molar-refractivity contribution in [3.05, 3.63) is 0 Å². The molecule has 0 amide bonds. The number of hydrogen-bond donors (Lipinski definition) is 2. The van der Waals surface area contributed by atoms with Crippen molar-refractivity contribution in [1.29, 1.82) is 0 Å². The zero-order valence-electron chi connectivity index (χ0n) is 10.9. The Kier molecular flexibility index (Phi) is 10.6. The van der Waals surface area contributed by atoms with E-state index in [9.17, 15) is 0 Å². The molecule has 0 heterocycles. The maximum atomic E-state index is 8.70. The average molecular weight is 262 g/mol. The fourth-order valence-corrected chi connectivity index (χ4v) is 1.97. The summed E-state index contributed by atoms with van der Waals surface area (Å²) in [4.78, 5) is 18.9. The third-order valence-electron chi connectivity index (χ3n) is 3.13. The second-order valence-electron chi connectivity index (χ2n) is 4.42. The second kappa shape index (κ2) is 10.8. The van der Waals surface area contributed by atoms with Gasteiger partial charge in [0.05, 0.1) is 0 Å². The highest BCUT2D eigenvalue weighted by Gasteiger charge is 2.11. The summed E-state index contributed by atoms with van der Waals surface area (Å²) >= 11 is 0. The molecule has 1 aliphatic rings. The second-order valence-corrected chi connectivity index (χ2v) is 4.92. The maximum Gasteiger partial charge on any atom is 0.692 e.